The SMILES string of the molecule is O=C(c1ccccc1)C1C=C(O)C(=O)N1c1ccc(Cl)cc1. The van der Waals surface area contributed by atoms with Gasteiger partial charge in [0.2, 0.25) is 0 Å². The Labute approximate surface area is 132 Å². The van der Waals surface area contributed by atoms with Crippen LogP contribution in [0.1, 0.15) is 10.4 Å². The molecule has 1 N–H and O–H groups in total. The number of carbonyl (C=O) groups excluding carboxylic acids is 2. The van der Waals surface area contributed by atoms with Gasteiger partial charge >= 0.3 is 0 Å². The second-order valence-corrected chi connectivity index (χ2v) is 5.32. The first kappa shape index (κ1) is 14.4. The van der Waals surface area contributed by atoms with Gasteiger partial charge in [0, 0.05) is 16.3 Å². The predicted octanol–water partition coefficient (Wildman–Crippen LogP) is 3.38. The minimum absolute atomic E-state index is 0.257. The van der Waals surface area contributed by atoms with Crippen LogP contribution in [0, 0.1) is 0 Å². The van der Waals surface area contributed by atoms with E-state index in [1.54, 1.807) is 54.6 Å². The van der Waals surface area contributed by atoms with E-state index in [0.717, 1.165) is 0 Å². The van der Waals surface area contributed by atoms with E-state index in [-0.39, 0.29) is 5.78 Å². The van der Waals surface area contributed by atoms with Gasteiger partial charge in [0.05, 0.1) is 0 Å². The summed E-state index contributed by atoms with van der Waals surface area (Å²) in [6.45, 7) is 0. The summed E-state index contributed by atoms with van der Waals surface area (Å²) in [5.41, 5.74) is 0.981. The molecule has 0 saturated carbocycles. The molecule has 4 nitrogen and oxygen atoms in total. The lowest BCUT2D eigenvalue weighted by Gasteiger charge is -2.23. The summed E-state index contributed by atoms with van der Waals surface area (Å²) in [6.07, 6.45) is 1.27. The average molecular weight is 314 g/mol. The van der Waals surface area contributed by atoms with Crippen LogP contribution in [0.3, 0.4) is 0 Å². The van der Waals surface area contributed by atoms with Gasteiger partial charge in [-0.3, -0.25) is 14.5 Å². The fourth-order valence-electron chi connectivity index (χ4n) is 2.39. The van der Waals surface area contributed by atoms with E-state index in [0.29, 0.717) is 16.3 Å². The molecule has 2 aromatic carbocycles. The topological polar surface area (TPSA) is 57.6 Å². The Kier molecular flexibility index (Phi) is 3.69. The Hall–Kier alpha value is -2.59. The van der Waals surface area contributed by atoms with Gasteiger partial charge in [0.1, 0.15) is 6.04 Å². The first-order valence-corrected chi connectivity index (χ1v) is 7.05. The number of anilines is 1. The fraction of sp³-hybridized carbons (Fsp3) is 0.0588. The van der Waals surface area contributed by atoms with Crippen LogP contribution in [0.15, 0.2) is 66.4 Å². The van der Waals surface area contributed by atoms with E-state index in [1.807, 2.05) is 0 Å². The van der Waals surface area contributed by atoms with E-state index < -0.39 is 17.7 Å². The maximum absolute atomic E-state index is 12.6. The molecule has 1 atom stereocenters. The molecule has 1 aliphatic rings. The summed E-state index contributed by atoms with van der Waals surface area (Å²) < 4.78 is 0. The van der Waals surface area contributed by atoms with Crippen molar-refractivity contribution in [3.63, 3.8) is 0 Å². The van der Waals surface area contributed by atoms with Crippen molar-refractivity contribution in [3.05, 3.63) is 77.0 Å². The molecule has 0 aliphatic carbocycles. The summed E-state index contributed by atoms with van der Waals surface area (Å²) in [7, 11) is 0. The van der Waals surface area contributed by atoms with Crippen LogP contribution in [0.25, 0.3) is 0 Å². The van der Waals surface area contributed by atoms with Gasteiger partial charge in [-0.2, -0.15) is 0 Å². The highest BCUT2D eigenvalue weighted by molar-refractivity contribution is 6.30. The predicted molar refractivity (Wildman–Crippen MR) is 84.2 cm³/mol. The lowest BCUT2D eigenvalue weighted by atomic mass is 10.0. The number of halogens is 1. The van der Waals surface area contributed by atoms with Crippen LogP contribution in [-0.4, -0.2) is 22.8 Å². The first-order valence-electron chi connectivity index (χ1n) is 6.67. The van der Waals surface area contributed by atoms with Crippen LogP contribution in [0.4, 0.5) is 5.69 Å². The molecule has 0 saturated heterocycles. The number of hydrogen-bond acceptors (Lipinski definition) is 3. The molecule has 22 heavy (non-hydrogen) atoms. The first-order chi connectivity index (χ1) is 10.6. The monoisotopic (exact) mass is 313 g/mol. The molecule has 110 valence electrons. The summed E-state index contributed by atoms with van der Waals surface area (Å²) in [5, 5.41) is 10.3. The molecule has 0 radical (unpaired) electrons. The lowest BCUT2D eigenvalue weighted by molar-refractivity contribution is -0.116. The minimum Gasteiger partial charge on any atom is -0.503 e. The van der Waals surface area contributed by atoms with Crippen LogP contribution >= 0.6 is 11.6 Å². The number of amides is 1. The van der Waals surface area contributed by atoms with Gasteiger partial charge in [-0.1, -0.05) is 41.9 Å². The van der Waals surface area contributed by atoms with Gasteiger partial charge in [-0.15, -0.1) is 0 Å². The van der Waals surface area contributed by atoms with Crippen molar-refractivity contribution in [2.45, 2.75) is 6.04 Å². The number of hydrogen-bond donors (Lipinski definition) is 1. The molecule has 1 amide bonds. The van der Waals surface area contributed by atoms with Gasteiger partial charge in [-0.05, 0) is 30.3 Å². The molecular formula is C17H12ClNO3. The molecule has 0 fully saturated rings. The molecule has 1 aliphatic heterocycles. The molecule has 5 heteroatoms. The fourth-order valence-corrected chi connectivity index (χ4v) is 2.52. The van der Waals surface area contributed by atoms with Crippen LogP contribution in [0.2, 0.25) is 5.02 Å². The van der Waals surface area contributed by atoms with Crippen molar-refractivity contribution in [2.24, 2.45) is 0 Å². The van der Waals surface area contributed by atoms with Crippen LogP contribution in [-0.2, 0) is 4.79 Å². The van der Waals surface area contributed by atoms with E-state index >= 15 is 0 Å². The van der Waals surface area contributed by atoms with Gasteiger partial charge < -0.3 is 5.11 Å². The Morgan fingerprint density at radius 1 is 1.05 bits per heavy atom. The zero-order valence-corrected chi connectivity index (χ0v) is 12.2. The molecule has 1 heterocycles. The van der Waals surface area contributed by atoms with E-state index in [9.17, 15) is 14.7 Å². The molecule has 1 unspecified atom stereocenters. The zero-order chi connectivity index (χ0) is 15.7. The van der Waals surface area contributed by atoms with Gasteiger partial charge in [0.25, 0.3) is 5.91 Å². The summed E-state index contributed by atoms with van der Waals surface area (Å²) >= 11 is 5.85. The van der Waals surface area contributed by atoms with Crippen molar-refractivity contribution >= 4 is 29.0 Å². The number of aliphatic hydroxyl groups is 1. The van der Waals surface area contributed by atoms with Crippen molar-refractivity contribution < 1.29 is 14.7 Å². The largest absolute Gasteiger partial charge is 0.503 e. The van der Waals surface area contributed by atoms with Crippen molar-refractivity contribution in [3.8, 4) is 0 Å². The molecule has 0 spiro atoms. The van der Waals surface area contributed by atoms with Crippen LogP contribution < -0.4 is 4.90 Å². The Balaban J connectivity index is 1.99. The molecule has 0 aromatic heterocycles. The maximum atomic E-state index is 12.6. The van der Waals surface area contributed by atoms with Crippen molar-refractivity contribution in [2.75, 3.05) is 4.90 Å². The number of ketones is 1. The number of nitrogens with zero attached hydrogens (tertiary/aromatic N) is 1. The normalized spacial score (nSPS) is 17.5. The number of Topliss-reactive ketones (excluding diaryl/α,β-unsaturated/α-hetero) is 1. The number of aliphatic hydroxyl groups excluding tert-OH is 1. The van der Waals surface area contributed by atoms with Crippen molar-refractivity contribution in [1.82, 2.24) is 0 Å². The minimum atomic E-state index is -0.865. The van der Waals surface area contributed by atoms with Crippen LogP contribution in [0.5, 0.6) is 0 Å². The summed E-state index contributed by atoms with van der Waals surface area (Å²) in [5.74, 6) is -1.28. The third kappa shape index (κ3) is 2.49. The van der Waals surface area contributed by atoms with Crippen molar-refractivity contribution in [1.29, 1.82) is 0 Å². The second kappa shape index (κ2) is 5.66. The van der Waals surface area contributed by atoms with E-state index in [2.05, 4.69) is 0 Å². The summed E-state index contributed by atoms with van der Waals surface area (Å²) in [6, 6.07) is 14.3. The second-order valence-electron chi connectivity index (χ2n) is 4.88. The highest BCUT2D eigenvalue weighted by Crippen LogP contribution is 2.28. The quantitative estimate of drug-likeness (QED) is 0.884. The third-order valence-corrected chi connectivity index (χ3v) is 3.72. The number of benzene rings is 2. The summed E-state index contributed by atoms with van der Waals surface area (Å²) in [4.78, 5) is 26.0. The smallest absolute Gasteiger partial charge is 0.293 e. The maximum Gasteiger partial charge on any atom is 0.293 e. The van der Waals surface area contributed by atoms with E-state index in [1.165, 1.54) is 11.0 Å². The third-order valence-electron chi connectivity index (χ3n) is 3.46. The standard InChI is InChI=1S/C17H12ClNO3/c18-12-6-8-13(9-7-12)19-14(10-15(20)17(19)22)16(21)11-4-2-1-3-5-11/h1-10,14,20H. The zero-order valence-electron chi connectivity index (χ0n) is 11.4. The molecule has 0 bridgehead atoms. The van der Waals surface area contributed by atoms with E-state index in [4.69, 9.17) is 11.6 Å². The van der Waals surface area contributed by atoms with Gasteiger partial charge in [-0.25, -0.2) is 0 Å². The Morgan fingerprint density at radius 3 is 2.32 bits per heavy atom. The highest BCUT2D eigenvalue weighted by atomic mass is 35.5. The highest BCUT2D eigenvalue weighted by Gasteiger charge is 2.38. The molecular weight excluding hydrogens is 302 g/mol. The molecule has 2 aromatic rings. The Morgan fingerprint density at radius 2 is 1.68 bits per heavy atom. The van der Waals surface area contributed by atoms with Gasteiger partial charge in [0.15, 0.2) is 11.5 Å². The number of rotatable bonds is 3. The molecule has 3 rings (SSSR count). The average Bonchev–Trinajstić information content (AvgIpc) is 2.84. The Bertz CT molecular complexity index is 753. The lowest BCUT2D eigenvalue weighted by Crippen LogP contribution is -2.39. The number of carbonyl (C=O) groups is 2.